The minimum Gasteiger partial charge on any atom is -0.477 e. The zero-order valence-electron chi connectivity index (χ0n) is 10.2. The number of pyridine rings is 1. The molecule has 0 radical (unpaired) electrons. The molecule has 0 aliphatic carbocycles. The summed E-state index contributed by atoms with van der Waals surface area (Å²) in [5.74, 6) is -0.533. The molecule has 1 aliphatic rings. The number of nitrogens with two attached hydrogens (primary N) is 1. The van der Waals surface area contributed by atoms with Gasteiger partial charge in [0.1, 0.15) is 17.6 Å². The fourth-order valence-corrected chi connectivity index (χ4v) is 2.16. The highest BCUT2D eigenvalue weighted by molar-refractivity contribution is 5.93. The van der Waals surface area contributed by atoms with E-state index in [9.17, 15) is 14.9 Å². The van der Waals surface area contributed by atoms with E-state index in [1.807, 2.05) is 4.90 Å². The second-order valence-corrected chi connectivity index (χ2v) is 4.46. The van der Waals surface area contributed by atoms with Crippen molar-refractivity contribution in [3.63, 3.8) is 0 Å². The normalized spacial score (nSPS) is 18.6. The van der Waals surface area contributed by atoms with Gasteiger partial charge in [-0.3, -0.25) is 10.1 Å². The largest absolute Gasteiger partial charge is 0.477 e. The minimum absolute atomic E-state index is 0.341. The van der Waals surface area contributed by atoms with E-state index in [1.165, 1.54) is 6.07 Å². The molecule has 0 spiro atoms. The first-order valence-corrected chi connectivity index (χ1v) is 5.85. The number of carboxylic acids is 1. The third-order valence-corrected chi connectivity index (χ3v) is 3.24. The molecule has 1 atom stereocenters. The summed E-state index contributed by atoms with van der Waals surface area (Å²) >= 11 is 0. The third kappa shape index (κ3) is 2.63. The van der Waals surface area contributed by atoms with Gasteiger partial charge in [-0.1, -0.05) is 0 Å². The van der Waals surface area contributed by atoms with Crippen LogP contribution < -0.4 is 10.6 Å². The lowest BCUT2D eigenvalue weighted by molar-refractivity contribution is -0.385. The van der Waals surface area contributed by atoms with Gasteiger partial charge in [-0.2, -0.15) is 0 Å². The van der Waals surface area contributed by atoms with E-state index >= 15 is 0 Å². The van der Waals surface area contributed by atoms with Crippen LogP contribution in [-0.2, 0) is 0 Å². The van der Waals surface area contributed by atoms with E-state index in [0.29, 0.717) is 24.8 Å². The number of carbonyl (C=O) groups is 1. The van der Waals surface area contributed by atoms with Gasteiger partial charge in [0.05, 0.1) is 4.92 Å². The van der Waals surface area contributed by atoms with Crippen LogP contribution in [-0.4, -0.2) is 40.6 Å². The standard InChI is InChI=1S/C11H14N4O4/c12-4-7-1-2-14(6-7)10-3-8(11(16)17)9(5-13-10)15(18)19/h3,5,7H,1-2,4,6,12H2,(H,16,17). The number of hydrogen-bond donors (Lipinski definition) is 2. The van der Waals surface area contributed by atoms with E-state index in [4.69, 9.17) is 10.8 Å². The maximum Gasteiger partial charge on any atom is 0.342 e. The van der Waals surface area contributed by atoms with Gasteiger partial charge in [0, 0.05) is 19.2 Å². The first-order valence-electron chi connectivity index (χ1n) is 5.85. The molecular weight excluding hydrogens is 252 g/mol. The van der Waals surface area contributed by atoms with Crippen molar-refractivity contribution in [2.45, 2.75) is 6.42 Å². The Morgan fingerprint density at radius 1 is 1.68 bits per heavy atom. The summed E-state index contributed by atoms with van der Waals surface area (Å²) < 4.78 is 0. The molecule has 8 heteroatoms. The van der Waals surface area contributed by atoms with Gasteiger partial charge in [-0.15, -0.1) is 0 Å². The summed E-state index contributed by atoms with van der Waals surface area (Å²) in [7, 11) is 0. The lowest BCUT2D eigenvalue weighted by Crippen LogP contribution is -2.23. The van der Waals surface area contributed by atoms with Crippen molar-refractivity contribution < 1.29 is 14.8 Å². The van der Waals surface area contributed by atoms with Crippen molar-refractivity contribution in [3.05, 3.63) is 27.9 Å². The Morgan fingerprint density at radius 2 is 2.42 bits per heavy atom. The molecule has 1 unspecified atom stereocenters. The van der Waals surface area contributed by atoms with Gasteiger partial charge in [0.15, 0.2) is 0 Å². The van der Waals surface area contributed by atoms with Gasteiger partial charge >= 0.3 is 11.7 Å². The van der Waals surface area contributed by atoms with Crippen LogP contribution in [0.15, 0.2) is 12.3 Å². The first-order chi connectivity index (χ1) is 9.02. The van der Waals surface area contributed by atoms with Crippen LogP contribution in [0.2, 0.25) is 0 Å². The molecule has 0 amide bonds. The highest BCUT2D eigenvalue weighted by Crippen LogP contribution is 2.26. The van der Waals surface area contributed by atoms with E-state index < -0.39 is 16.6 Å². The molecule has 102 valence electrons. The predicted octanol–water partition coefficient (Wildman–Crippen LogP) is 0.473. The number of aromatic carboxylic acids is 1. The van der Waals surface area contributed by atoms with Crippen molar-refractivity contribution >= 4 is 17.5 Å². The molecule has 0 aromatic carbocycles. The number of nitrogens with zero attached hydrogens (tertiary/aromatic N) is 3. The summed E-state index contributed by atoms with van der Waals surface area (Å²) in [6, 6.07) is 1.25. The van der Waals surface area contributed by atoms with Gasteiger partial charge in [0.25, 0.3) is 0 Å². The Labute approximate surface area is 109 Å². The van der Waals surface area contributed by atoms with Crippen molar-refractivity contribution in [3.8, 4) is 0 Å². The van der Waals surface area contributed by atoms with Gasteiger partial charge in [0.2, 0.25) is 0 Å². The first kappa shape index (κ1) is 13.2. The number of rotatable bonds is 4. The molecule has 2 rings (SSSR count). The monoisotopic (exact) mass is 266 g/mol. The molecule has 19 heavy (non-hydrogen) atoms. The Balaban J connectivity index is 2.31. The molecule has 1 aromatic rings. The molecule has 1 aliphatic heterocycles. The topological polar surface area (TPSA) is 123 Å². The molecule has 2 heterocycles. The molecule has 3 N–H and O–H groups in total. The van der Waals surface area contributed by atoms with Crippen LogP contribution in [0, 0.1) is 16.0 Å². The quantitative estimate of drug-likeness (QED) is 0.599. The second kappa shape index (κ2) is 5.19. The number of hydrogen-bond acceptors (Lipinski definition) is 6. The van der Waals surface area contributed by atoms with Gasteiger partial charge < -0.3 is 15.7 Å². The maximum atomic E-state index is 11.0. The second-order valence-electron chi connectivity index (χ2n) is 4.46. The Morgan fingerprint density at radius 3 is 2.95 bits per heavy atom. The average molecular weight is 266 g/mol. The Bertz CT molecular complexity index is 519. The van der Waals surface area contributed by atoms with Crippen LogP contribution in [0.5, 0.6) is 0 Å². The van der Waals surface area contributed by atoms with E-state index in [1.54, 1.807) is 0 Å². The minimum atomic E-state index is -1.33. The van der Waals surface area contributed by atoms with Crippen LogP contribution >= 0.6 is 0 Å². The molecule has 8 nitrogen and oxygen atoms in total. The van der Waals surface area contributed by atoms with E-state index in [2.05, 4.69) is 4.98 Å². The summed E-state index contributed by atoms with van der Waals surface area (Å²) in [6.45, 7) is 1.99. The molecule has 0 saturated carbocycles. The summed E-state index contributed by atoms with van der Waals surface area (Å²) in [5.41, 5.74) is 4.75. The number of aromatic nitrogens is 1. The summed E-state index contributed by atoms with van der Waals surface area (Å²) in [5, 5.41) is 19.7. The van der Waals surface area contributed by atoms with Crippen LogP contribution in [0.4, 0.5) is 11.5 Å². The fraction of sp³-hybridized carbons (Fsp3) is 0.455. The predicted molar refractivity (Wildman–Crippen MR) is 67.2 cm³/mol. The van der Waals surface area contributed by atoms with E-state index in [-0.39, 0.29) is 5.56 Å². The van der Waals surface area contributed by atoms with Crippen molar-refractivity contribution in [2.75, 3.05) is 24.5 Å². The zero-order valence-corrected chi connectivity index (χ0v) is 10.2. The Kier molecular flexibility index (Phi) is 3.61. The zero-order chi connectivity index (χ0) is 14.0. The van der Waals surface area contributed by atoms with Crippen LogP contribution in [0.3, 0.4) is 0 Å². The van der Waals surface area contributed by atoms with Gasteiger partial charge in [-0.05, 0) is 18.9 Å². The molecule has 1 saturated heterocycles. The Hall–Kier alpha value is -2.22. The molecule has 1 fully saturated rings. The number of anilines is 1. The van der Waals surface area contributed by atoms with E-state index in [0.717, 1.165) is 19.2 Å². The molecule has 0 bridgehead atoms. The number of nitro groups is 1. The van der Waals surface area contributed by atoms with Crippen molar-refractivity contribution in [2.24, 2.45) is 11.7 Å². The van der Waals surface area contributed by atoms with Crippen LogP contribution in [0.1, 0.15) is 16.8 Å². The van der Waals surface area contributed by atoms with Crippen molar-refractivity contribution in [1.29, 1.82) is 0 Å². The SMILES string of the molecule is NCC1CCN(c2cc(C(=O)O)c([N+](=O)[O-])cn2)C1. The lowest BCUT2D eigenvalue weighted by atomic mass is 10.1. The smallest absolute Gasteiger partial charge is 0.342 e. The summed E-state index contributed by atoms with van der Waals surface area (Å²) in [6.07, 6.45) is 1.91. The molecule has 1 aromatic heterocycles. The number of carboxylic acid groups (broad SMARTS) is 1. The summed E-state index contributed by atoms with van der Waals surface area (Å²) in [4.78, 5) is 26.9. The average Bonchev–Trinajstić information content (AvgIpc) is 2.86. The van der Waals surface area contributed by atoms with Crippen LogP contribution in [0.25, 0.3) is 0 Å². The lowest BCUT2D eigenvalue weighted by Gasteiger charge is -2.17. The molecular formula is C11H14N4O4. The van der Waals surface area contributed by atoms with Crippen molar-refractivity contribution in [1.82, 2.24) is 4.98 Å². The highest BCUT2D eigenvalue weighted by Gasteiger charge is 2.26. The third-order valence-electron chi connectivity index (χ3n) is 3.24. The fourth-order valence-electron chi connectivity index (χ4n) is 2.16. The van der Waals surface area contributed by atoms with Gasteiger partial charge in [-0.25, -0.2) is 9.78 Å². The highest BCUT2D eigenvalue weighted by atomic mass is 16.6. The maximum absolute atomic E-state index is 11.0.